The third-order valence-electron chi connectivity index (χ3n) is 4.56. The largest absolute Gasteiger partial charge is 0.467 e. The van der Waals surface area contributed by atoms with Crippen molar-refractivity contribution in [3.8, 4) is 0 Å². The number of nitrogens with zero attached hydrogens (tertiary/aromatic N) is 2. The van der Waals surface area contributed by atoms with E-state index in [-0.39, 0.29) is 23.3 Å². The molecular formula is C21H27N4O3S+. The van der Waals surface area contributed by atoms with Crippen molar-refractivity contribution in [1.29, 1.82) is 0 Å². The fraction of sp³-hybridized carbons (Fsp3) is 0.381. The molecule has 3 aromatic rings. The first kappa shape index (κ1) is 21.1. The van der Waals surface area contributed by atoms with Crippen LogP contribution in [0.5, 0.6) is 0 Å². The Kier molecular flexibility index (Phi) is 7.11. The van der Waals surface area contributed by atoms with Gasteiger partial charge in [-0.3, -0.25) is 14.2 Å². The second kappa shape index (κ2) is 9.76. The zero-order valence-corrected chi connectivity index (χ0v) is 17.8. The summed E-state index contributed by atoms with van der Waals surface area (Å²) in [6, 6.07) is 10.7. The van der Waals surface area contributed by atoms with E-state index in [9.17, 15) is 9.59 Å². The van der Waals surface area contributed by atoms with Crippen molar-refractivity contribution in [2.24, 2.45) is 0 Å². The highest BCUT2D eigenvalue weighted by atomic mass is 32.2. The van der Waals surface area contributed by atoms with Crippen molar-refractivity contribution >= 4 is 28.6 Å². The Balaban J connectivity index is 1.75. The maximum absolute atomic E-state index is 13.0. The van der Waals surface area contributed by atoms with Gasteiger partial charge < -0.3 is 14.6 Å². The van der Waals surface area contributed by atoms with Crippen LogP contribution in [0.15, 0.2) is 57.0 Å². The number of rotatable bonds is 9. The van der Waals surface area contributed by atoms with E-state index in [1.165, 1.54) is 16.7 Å². The van der Waals surface area contributed by atoms with Crippen LogP contribution in [0.1, 0.15) is 25.1 Å². The molecule has 0 aliphatic carbocycles. The summed E-state index contributed by atoms with van der Waals surface area (Å²) in [7, 11) is 4.17. The average molecular weight is 416 g/mol. The van der Waals surface area contributed by atoms with Crippen LogP contribution >= 0.6 is 11.8 Å². The Morgan fingerprint density at radius 1 is 1.28 bits per heavy atom. The van der Waals surface area contributed by atoms with Crippen LogP contribution in [0.3, 0.4) is 0 Å². The van der Waals surface area contributed by atoms with E-state index in [0.717, 1.165) is 13.0 Å². The van der Waals surface area contributed by atoms with Crippen molar-refractivity contribution in [3.05, 3.63) is 58.8 Å². The number of para-hydroxylation sites is 1. The third-order valence-corrected chi connectivity index (χ3v) is 5.54. The lowest BCUT2D eigenvalue weighted by Gasteiger charge is -2.15. The molecule has 0 saturated carbocycles. The first-order valence-electron chi connectivity index (χ1n) is 9.70. The maximum atomic E-state index is 13.0. The van der Waals surface area contributed by atoms with Crippen LogP contribution in [0.2, 0.25) is 0 Å². The predicted molar refractivity (Wildman–Crippen MR) is 114 cm³/mol. The molecule has 0 fully saturated rings. The average Bonchev–Trinajstić information content (AvgIpc) is 3.23. The van der Waals surface area contributed by atoms with Gasteiger partial charge in [0.2, 0.25) is 5.91 Å². The molecule has 1 atom stereocenters. The van der Waals surface area contributed by atoms with Gasteiger partial charge in [0, 0.05) is 13.0 Å². The number of benzene rings is 1. The van der Waals surface area contributed by atoms with E-state index >= 15 is 0 Å². The van der Waals surface area contributed by atoms with Crippen LogP contribution < -0.4 is 15.8 Å². The molecule has 2 heterocycles. The molecule has 0 aliphatic heterocycles. The van der Waals surface area contributed by atoms with Gasteiger partial charge >= 0.3 is 0 Å². The summed E-state index contributed by atoms with van der Waals surface area (Å²) in [4.78, 5) is 31.4. The van der Waals surface area contributed by atoms with Crippen LogP contribution in [-0.4, -0.2) is 41.9 Å². The van der Waals surface area contributed by atoms with Gasteiger partial charge in [-0.2, -0.15) is 0 Å². The van der Waals surface area contributed by atoms with Crippen LogP contribution in [0.25, 0.3) is 10.9 Å². The first-order valence-corrected chi connectivity index (χ1v) is 10.7. The molecule has 7 nitrogen and oxygen atoms in total. The van der Waals surface area contributed by atoms with Gasteiger partial charge in [-0.1, -0.05) is 23.9 Å². The number of amides is 1. The van der Waals surface area contributed by atoms with Crippen molar-refractivity contribution in [2.45, 2.75) is 31.1 Å². The molecular weight excluding hydrogens is 388 g/mol. The molecule has 1 aromatic carbocycles. The second-order valence-corrected chi connectivity index (χ2v) is 8.21. The second-order valence-electron chi connectivity index (χ2n) is 7.27. The monoisotopic (exact) mass is 415 g/mol. The lowest BCUT2D eigenvalue weighted by Crippen LogP contribution is -3.05. The summed E-state index contributed by atoms with van der Waals surface area (Å²) < 4.78 is 7.02. The Morgan fingerprint density at radius 3 is 2.79 bits per heavy atom. The minimum absolute atomic E-state index is 0.0591. The number of hydrogen-bond acceptors (Lipinski definition) is 5. The summed E-state index contributed by atoms with van der Waals surface area (Å²) >= 11 is 1.28. The number of aromatic nitrogens is 2. The quantitative estimate of drug-likeness (QED) is 0.409. The smallest absolute Gasteiger partial charge is 0.262 e. The molecule has 0 unspecified atom stereocenters. The lowest BCUT2D eigenvalue weighted by atomic mass is 10.2. The van der Waals surface area contributed by atoms with Gasteiger partial charge in [-0.05, 0) is 31.2 Å². The van der Waals surface area contributed by atoms with E-state index in [4.69, 9.17) is 4.42 Å². The number of nitrogens with one attached hydrogen (secondary N) is 2. The van der Waals surface area contributed by atoms with E-state index in [2.05, 4.69) is 24.4 Å². The highest BCUT2D eigenvalue weighted by molar-refractivity contribution is 7.99. The molecule has 1 amide bonds. The molecule has 3 rings (SSSR count). The number of quaternary nitrogens is 1. The molecule has 8 heteroatoms. The number of fused-ring (bicyclic) bond motifs is 1. The van der Waals surface area contributed by atoms with E-state index < -0.39 is 0 Å². The normalized spacial score (nSPS) is 12.4. The summed E-state index contributed by atoms with van der Waals surface area (Å²) in [6.45, 7) is 3.40. The zero-order chi connectivity index (χ0) is 20.8. The molecule has 29 heavy (non-hydrogen) atoms. The van der Waals surface area contributed by atoms with Gasteiger partial charge in [0.1, 0.15) is 5.76 Å². The number of hydrogen-bond donors (Lipinski definition) is 2. The van der Waals surface area contributed by atoms with Gasteiger partial charge in [0.05, 0.1) is 49.6 Å². The SMILES string of the molecule is C[C@H](NC(=O)CSc1nc2ccccc2c(=O)n1CCC[NH+](C)C)c1ccco1. The van der Waals surface area contributed by atoms with Gasteiger partial charge in [0.15, 0.2) is 5.16 Å². The molecule has 0 radical (unpaired) electrons. The first-order chi connectivity index (χ1) is 14.0. The van der Waals surface area contributed by atoms with Crippen LogP contribution in [0.4, 0.5) is 0 Å². The maximum Gasteiger partial charge on any atom is 0.262 e. The van der Waals surface area contributed by atoms with E-state index in [0.29, 0.717) is 28.4 Å². The number of carbonyl (C=O) groups excluding carboxylic acids is 1. The summed E-state index contributed by atoms with van der Waals surface area (Å²) in [6.07, 6.45) is 2.44. The molecule has 0 bridgehead atoms. The van der Waals surface area contributed by atoms with Gasteiger partial charge in [-0.15, -0.1) is 0 Å². The summed E-state index contributed by atoms with van der Waals surface area (Å²) in [5.74, 6) is 0.746. The van der Waals surface area contributed by atoms with Crippen molar-refractivity contribution in [1.82, 2.24) is 14.9 Å². The standard InChI is InChI=1S/C21H26N4O3S/c1-15(18-10-6-13-28-18)22-19(26)14-29-21-23-17-9-5-4-8-16(17)20(27)25(21)12-7-11-24(2)3/h4-6,8-10,13,15H,7,11-12,14H2,1-3H3,(H,22,26)/p+1/t15-/m0/s1. The Hall–Kier alpha value is -2.58. The number of carbonyl (C=O) groups is 1. The Bertz CT molecular complexity index is 1010. The van der Waals surface area contributed by atoms with Gasteiger partial charge in [-0.25, -0.2) is 4.98 Å². The highest BCUT2D eigenvalue weighted by Gasteiger charge is 2.16. The third kappa shape index (κ3) is 5.48. The predicted octanol–water partition coefficient (Wildman–Crippen LogP) is 1.49. The van der Waals surface area contributed by atoms with Crippen LogP contribution in [0, 0.1) is 0 Å². The fourth-order valence-electron chi connectivity index (χ4n) is 3.07. The molecule has 154 valence electrons. The van der Waals surface area contributed by atoms with E-state index in [1.54, 1.807) is 23.0 Å². The lowest BCUT2D eigenvalue weighted by molar-refractivity contribution is -0.858. The van der Waals surface area contributed by atoms with E-state index in [1.807, 2.05) is 31.2 Å². The minimum Gasteiger partial charge on any atom is -0.467 e. The fourth-order valence-corrected chi connectivity index (χ4v) is 3.90. The highest BCUT2D eigenvalue weighted by Crippen LogP contribution is 2.19. The zero-order valence-electron chi connectivity index (χ0n) is 17.0. The molecule has 2 aromatic heterocycles. The van der Waals surface area contributed by atoms with Crippen molar-refractivity contribution < 1.29 is 14.1 Å². The summed E-state index contributed by atoms with van der Waals surface area (Å²) in [5, 5.41) is 4.08. The molecule has 0 aliphatic rings. The minimum atomic E-state index is -0.215. The Morgan fingerprint density at radius 2 is 2.07 bits per heavy atom. The van der Waals surface area contributed by atoms with Crippen LogP contribution in [-0.2, 0) is 11.3 Å². The van der Waals surface area contributed by atoms with Crippen molar-refractivity contribution in [2.75, 3.05) is 26.4 Å². The topological polar surface area (TPSA) is 81.6 Å². The molecule has 0 saturated heterocycles. The number of furan rings is 1. The molecule has 0 spiro atoms. The summed E-state index contributed by atoms with van der Waals surface area (Å²) in [5.41, 5.74) is 0.593. The number of thioether (sulfide) groups is 1. The molecule has 2 N–H and O–H groups in total. The van der Waals surface area contributed by atoms with Gasteiger partial charge in [0.25, 0.3) is 5.56 Å². The Labute approximate surface area is 174 Å². The van der Waals surface area contributed by atoms with Crippen molar-refractivity contribution in [3.63, 3.8) is 0 Å².